The number of nitrogens with one attached hydrogen (secondary N) is 1. The molecule has 27 heavy (non-hydrogen) atoms. The van der Waals surface area contributed by atoms with Gasteiger partial charge in [0.1, 0.15) is 18.2 Å². The number of nitrogens with zero attached hydrogens (tertiary/aromatic N) is 1. The molecule has 1 aliphatic rings. The molecule has 9 heteroatoms. The standard InChI is InChI=1S/C18H11ClF2N2O3S/c19-12-8-11(5-6-14(12)21)22-16(24)9-23-17(25)15(27-18(23)26)7-10-3-1-2-4-13(10)20/h1-8H,9H2,(H,22,24)/b15-7+. The monoisotopic (exact) mass is 408 g/mol. The van der Waals surface area contributed by atoms with Crippen LogP contribution in [0.2, 0.25) is 5.02 Å². The van der Waals surface area contributed by atoms with Gasteiger partial charge in [-0.05, 0) is 42.1 Å². The largest absolute Gasteiger partial charge is 0.324 e. The molecule has 2 aromatic rings. The maximum atomic E-state index is 13.7. The van der Waals surface area contributed by atoms with Crippen LogP contribution in [-0.4, -0.2) is 28.5 Å². The first-order valence-electron chi connectivity index (χ1n) is 7.60. The zero-order chi connectivity index (χ0) is 19.6. The van der Waals surface area contributed by atoms with E-state index < -0.39 is 35.2 Å². The predicted molar refractivity (Wildman–Crippen MR) is 99.1 cm³/mol. The van der Waals surface area contributed by atoms with E-state index in [0.717, 1.165) is 11.0 Å². The molecule has 0 atom stereocenters. The van der Waals surface area contributed by atoms with Gasteiger partial charge in [0.2, 0.25) is 5.91 Å². The van der Waals surface area contributed by atoms with E-state index in [0.29, 0.717) is 11.8 Å². The van der Waals surface area contributed by atoms with E-state index in [4.69, 9.17) is 11.6 Å². The highest BCUT2D eigenvalue weighted by Gasteiger charge is 2.36. The third-order valence-corrected chi connectivity index (χ3v) is 4.77. The van der Waals surface area contributed by atoms with Gasteiger partial charge in [0.25, 0.3) is 11.1 Å². The predicted octanol–water partition coefficient (Wildman–Crippen LogP) is 4.29. The molecule has 0 saturated carbocycles. The number of hydrogen-bond donors (Lipinski definition) is 1. The number of thioether (sulfide) groups is 1. The molecule has 0 spiro atoms. The molecule has 1 aliphatic heterocycles. The van der Waals surface area contributed by atoms with Gasteiger partial charge < -0.3 is 5.32 Å². The minimum absolute atomic E-state index is 0.0164. The lowest BCUT2D eigenvalue weighted by Gasteiger charge is -2.12. The number of anilines is 1. The van der Waals surface area contributed by atoms with Crippen molar-refractivity contribution in [3.63, 3.8) is 0 Å². The third kappa shape index (κ3) is 4.35. The molecule has 0 aromatic heterocycles. The number of halogens is 3. The van der Waals surface area contributed by atoms with E-state index in [1.54, 1.807) is 6.07 Å². The number of hydrogen-bond acceptors (Lipinski definition) is 4. The van der Waals surface area contributed by atoms with E-state index in [1.165, 1.54) is 36.4 Å². The van der Waals surface area contributed by atoms with Crippen LogP contribution in [0.5, 0.6) is 0 Å². The lowest BCUT2D eigenvalue weighted by atomic mass is 10.2. The van der Waals surface area contributed by atoms with Crippen molar-refractivity contribution in [3.8, 4) is 0 Å². The molecule has 1 fully saturated rings. The van der Waals surface area contributed by atoms with Crippen molar-refractivity contribution < 1.29 is 23.2 Å². The van der Waals surface area contributed by atoms with Gasteiger partial charge in [-0.1, -0.05) is 29.8 Å². The molecule has 3 amide bonds. The third-order valence-electron chi connectivity index (χ3n) is 3.57. The van der Waals surface area contributed by atoms with Crippen LogP contribution < -0.4 is 5.32 Å². The molecule has 1 heterocycles. The summed E-state index contributed by atoms with van der Waals surface area (Å²) in [6, 6.07) is 9.39. The van der Waals surface area contributed by atoms with Gasteiger partial charge in [0.15, 0.2) is 0 Å². The second kappa shape index (κ2) is 7.89. The summed E-state index contributed by atoms with van der Waals surface area (Å²) in [5.74, 6) is -2.53. The van der Waals surface area contributed by atoms with Crippen LogP contribution >= 0.6 is 23.4 Å². The minimum atomic E-state index is -0.694. The normalized spacial score (nSPS) is 15.5. The van der Waals surface area contributed by atoms with Crippen molar-refractivity contribution >= 4 is 52.2 Å². The van der Waals surface area contributed by atoms with Crippen molar-refractivity contribution in [2.24, 2.45) is 0 Å². The molecular formula is C18H11ClF2N2O3S. The first-order valence-corrected chi connectivity index (χ1v) is 8.79. The fourth-order valence-corrected chi connectivity index (χ4v) is 3.30. The number of benzene rings is 2. The molecule has 0 aliphatic carbocycles. The van der Waals surface area contributed by atoms with Gasteiger partial charge in [-0.3, -0.25) is 19.3 Å². The fraction of sp³-hybridized carbons (Fsp3) is 0.0556. The summed E-state index contributed by atoms with van der Waals surface area (Å²) in [6.45, 7) is -0.533. The van der Waals surface area contributed by atoms with Crippen LogP contribution in [0.15, 0.2) is 47.4 Å². The quantitative estimate of drug-likeness (QED) is 0.766. The number of carbonyl (C=O) groups excluding carboxylic acids is 3. The molecular weight excluding hydrogens is 398 g/mol. The zero-order valence-corrected chi connectivity index (χ0v) is 15.1. The molecule has 2 aromatic carbocycles. The lowest BCUT2D eigenvalue weighted by Crippen LogP contribution is -2.36. The van der Waals surface area contributed by atoms with Crippen LogP contribution in [0, 0.1) is 11.6 Å². The zero-order valence-electron chi connectivity index (χ0n) is 13.5. The second-order valence-electron chi connectivity index (χ2n) is 5.47. The Morgan fingerprint density at radius 2 is 1.89 bits per heavy atom. The highest BCUT2D eigenvalue weighted by molar-refractivity contribution is 8.18. The highest BCUT2D eigenvalue weighted by atomic mass is 35.5. The SMILES string of the molecule is O=C(CN1C(=O)S/C(=C/c2ccccc2F)C1=O)Nc1ccc(F)c(Cl)c1. The van der Waals surface area contributed by atoms with E-state index in [9.17, 15) is 23.2 Å². The second-order valence-corrected chi connectivity index (χ2v) is 6.87. The topological polar surface area (TPSA) is 66.5 Å². The van der Waals surface area contributed by atoms with Crippen LogP contribution in [0.1, 0.15) is 5.56 Å². The Labute approximate surface area is 162 Å². The number of rotatable bonds is 4. The fourth-order valence-electron chi connectivity index (χ4n) is 2.29. The van der Waals surface area contributed by atoms with E-state index in [1.807, 2.05) is 0 Å². The van der Waals surface area contributed by atoms with E-state index in [-0.39, 0.29) is 21.2 Å². The van der Waals surface area contributed by atoms with Crippen molar-refractivity contribution in [1.29, 1.82) is 0 Å². The van der Waals surface area contributed by atoms with Gasteiger partial charge in [-0.2, -0.15) is 0 Å². The van der Waals surface area contributed by atoms with Crippen molar-refractivity contribution in [3.05, 3.63) is 69.6 Å². The Hall–Kier alpha value is -2.71. The van der Waals surface area contributed by atoms with Crippen LogP contribution in [-0.2, 0) is 9.59 Å². The van der Waals surface area contributed by atoms with Crippen molar-refractivity contribution in [1.82, 2.24) is 4.90 Å². The first kappa shape index (κ1) is 19.1. The maximum absolute atomic E-state index is 13.7. The number of carbonyl (C=O) groups is 3. The Kier molecular flexibility index (Phi) is 5.57. The van der Waals surface area contributed by atoms with E-state index in [2.05, 4.69) is 5.32 Å². The van der Waals surface area contributed by atoms with Crippen molar-refractivity contribution in [2.45, 2.75) is 0 Å². The van der Waals surface area contributed by atoms with Gasteiger partial charge in [-0.15, -0.1) is 0 Å². The van der Waals surface area contributed by atoms with Crippen molar-refractivity contribution in [2.75, 3.05) is 11.9 Å². The van der Waals surface area contributed by atoms with E-state index >= 15 is 0 Å². The van der Waals surface area contributed by atoms with Gasteiger partial charge >= 0.3 is 0 Å². The summed E-state index contributed by atoms with van der Waals surface area (Å²) < 4.78 is 26.9. The Morgan fingerprint density at radius 1 is 1.15 bits per heavy atom. The van der Waals surface area contributed by atoms with Crippen LogP contribution in [0.3, 0.4) is 0 Å². The van der Waals surface area contributed by atoms with Gasteiger partial charge in [0.05, 0.1) is 9.93 Å². The molecule has 0 bridgehead atoms. The first-order chi connectivity index (χ1) is 12.8. The molecule has 5 nitrogen and oxygen atoms in total. The Bertz CT molecular complexity index is 981. The minimum Gasteiger partial charge on any atom is -0.324 e. The summed E-state index contributed by atoms with van der Waals surface area (Å²) in [6.07, 6.45) is 1.26. The lowest BCUT2D eigenvalue weighted by molar-refractivity contribution is -0.127. The molecule has 1 N–H and O–H groups in total. The summed E-state index contributed by atoms with van der Waals surface area (Å²) in [5.41, 5.74) is 0.383. The summed E-state index contributed by atoms with van der Waals surface area (Å²) in [7, 11) is 0. The molecule has 1 saturated heterocycles. The summed E-state index contributed by atoms with van der Waals surface area (Å²) in [4.78, 5) is 37.3. The average Bonchev–Trinajstić information content (AvgIpc) is 2.88. The van der Waals surface area contributed by atoms with Gasteiger partial charge in [0, 0.05) is 11.3 Å². The maximum Gasteiger partial charge on any atom is 0.294 e. The summed E-state index contributed by atoms with van der Waals surface area (Å²) in [5, 5.41) is 1.61. The number of imide groups is 1. The Balaban J connectivity index is 1.71. The smallest absolute Gasteiger partial charge is 0.294 e. The molecule has 0 radical (unpaired) electrons. The molecule has 138 valence electrons. The summed E-state index contributed by atoms with van der Waals surface area (Å²) >= 11 is 6.26. The number of amides is 3. The molecule has 3 rings (SSSR count). The van der Waals surface area contributed by atoms with Gasteiger partial charge in [-0.25, -0.2) is 8.78 Å². The van der Waals surface area contributed by atoms with Crippen LogP contribution in [0.25, 0.3) is 6.08 Å². The van der Waals surface area contributed by atoms with Crippen LogP contribution in [0.4, 0.5) is 19.3 Å². The Morgan fingerprint density at radius 3 is 2.59 bits per heavy atom. The highest BCUT2D eigenvalue weighted by Crippen LogP contribution is 2.32. The average molecular weight is 409 g/mol. The molecule has 0 unspecified atom stereocenters.